The molecule has 1 atom stereocenters. The lowest BCUT2D eigenvalue weighted by atomic mass is 10.0. The van der Waals surface area contributed by atoms with Crippen LogP contribution in [0.3, 0.4) is 0 Å². The molecular weight excluding hydrogens is 264 g/mol. The van der Waals surface area contributed by atoms with Crippen molar-refractivity contribution in [2.24, 2.45) is 5.92 Å². The molecule has 0 fully saturated rings. The van der Waals surface area contributed by atoms with Gasteiger partial charge in [0.05, 0.1) is 13.2 Å². The lowest BCUT2D eigenvalue weighted by molar-refractivity contribution is 0.00526. The highest BCUT2D eigenvalue weighted by atomic mass is 16.5. The number of hydrogen-bond acceptors (Lipinski definition) is 3. The van der Waals surface area contributed by atoms with Crippen molar-refractivity contribution in [3.63, 3.8) is 0 Å². The van der Waals surface area contributed by atoms with Crippen molar-refractivity contribution in [3.05, 3.63) is 0 Å². The largest absolute Gasteiger partial charge is 0.394 e. The van der Waals surface area contributed by atoms with Crippen LogP contribution in [0, 0.1) is 5.92 Å². The average Bonchev–Trinajstić information content (AvgIpc) is 2.46. The van der Waals surface area contributed by atoms with E-state index in [1.54, 1.807) is 0 Å². The molecule has 3 heteroatoms. The highest BCUT2D eigenvalue weighted by Gasteiger charge is 2.00. The summed E-state index contributed by atoms with van der Waals surface area (Å²) >= 11 is 0. The van der Waals surface area contributed by atoms with Gasteiger partial charge in [0.1, 0.15) is 6.10 Å². The Bertz CT molecular complexity index is 195. The molecule has 128 valence electrons. The molecule has 0 spiro atoms. The smallest absolute Gasteiger partial charge is 0.100 e. The minimum absolute atomic E-state index is 0.211. The maximum Gasteiger partial charge on any atom is 0.100 e. The third-order valence-corrected chi connectivity index (χ3v) is 3.84. The van der Waals surface area contributed by atoms with Crippen LogP contribution in [0.2, 0.25) is 0 Å². The van der Waals surface area contributed by atoms with E-state index in [2.05, 4.69) is 13.8 Å². The SMILES string of the molecule is CC(C)CCCCCCCCCCCCOC[C@@H](O)CO. The molecule has 0 bridgehead atoms. The Balaban J connectivity index is 2.99. The van der Waals surface area contributed by atoms with Crippen LogP contribution in [0.15, 0.2) is 0 Å². The van der Waals surface area contributed by atoms with E-state index >= 15 is 0 Å². The minimum Gasteiger partial charge on any atom is -0.394 e. The summed E-state index contributed by atoms with van der Waals surface area (Å²) in [5, 5.41) is 17.7. The second kappa shape index (κ2) is 16.3. The first-order chi connectivity index (χ1) is 10.2. The number of unbranched alkanes of at least 4 members (excludes halogenated alkanes) is 9. The van der Waals surface area contributed by atoms with Crippen LogP contribution in [0.1, 0.15) is 84.5 Å². The van der Waals surface area contributed by atoms with Gasteiger partial charge in [-0.3, -0.25) is 0 Å². The van der Waals surface area contributed by atoms with Crippen LogP contribution in [0.4, 0.5) is 0 Å². The second-order valence-corrected chi connectivity index (χ2v) is 6.63. The van der Waals surface area contributed by atoms with Gasteiger partial charge in [0.2, 0.25) is 0 Å². The molecule has 0 aliphatic carbocycles. The summed E-state index contributed by atoms with van der Waals surface area (Å²) in [6, 6.07) is 0. The third kappa shape index (κ3) is 17.8. The summed E-state index contributed by atoms with van der Waals surface area (Å²) in [7, 11) is 0. The van der Waals surface area contributed by atoms with Crippen molar-refractivity contribution in [1.29, 1.82) is 0 Å². The van der Waals surface area contributed by atoms with E-state index in [4.69, 9.17) is 14.9 Å². The van der Waals surface area contributed by atoms with Gasteiger partial charge in [0.25, 0.3) is 0 Å². The van der Waals surface area contributed by atoms with E-state index < -0.39 is 6.10 Å². The zero-order chi connectivity index (χ0) is 15.8. The van der Waals surface area contributed by atoms with E-state index in [1.165, 1.54) is 64.2 Å². The van der Waals surface area contributed by atoms with Gasteiger partial charge < -0.3 is 14.9 Å². The van der Waals surface area contributed by atoms with Crippen LogP contribution in [0.5, 0.6) is 0 Å². The van der Waals surface area contributed by atoms with Gasteiger partial charge >= 0.3 is 0 Å². The Morgan fingerprint density at radius 3 is 1.71 bits per heavy atom. The molecule has 0 heterocycles. The summed E-state index contributed by atoms with van der Waals surface area (Å²) < 4.78 is 5.28. The third-order valence-electron chi connectivity index (χ3n) is 3.84. The van der Waals surface area contributed by atoms with Crippen LogP contribution in [-0.2, 0) is 4.74 Å². The van der Waals surface area contributed by atoms with Gasteiger partial charge in [-0.25, -0.2) is 0 Å². The van der Waals surface area contributed by atoms with Gasteiger partial charge in [-0.1, -0.05) is 78.1 Å². The van der Waals surface area contributed by atoms with Crippen LogP contribution in [-0.4, -0.2) is 36.1 Å². The average molecular weight is 302 g/mol. The van der Waals surface area contributed by atoms with Gasteiger partial charge in [0.15, 0.2) is 0 Å². The first-order valence-corrected chi connectivity index (χ1v) is 9.03. The molecular formula is C18H38O3. The van der Waals surface area contributed by atoms with Gasteiger partial charge in [-0.2, -0.15) is 0 Å². The number of aliphatic hydroxyl groups excluding tert-OH is 2. The molecule has 0 aliphatic heterocycles. The van der Waals surface area contributed by atoms with E-state index in [0.29, 0.717) is 6.61 Å². The molecule has 0 rings (SSSR count). The molecule has 0 aromatic rings. The fraction of sp³-hybridized carbons (Fsp3) is 1.00. The number of aliphatic hydroxyl groups is 2. The molecule has 0 amide bonds. The Kier molecular flexibility index (Phi) is 16.2. The molecule has 3 nitrogen and oxygen atoms in total. The standard InChI is InChI=1S/C18H38O3/c1-17(2)13-11-9-7-5-3-4-6-8-10-12-14-21-16-18(20)15-19/h17-20H,3-16H2,1-2H3/t18-/m0/s1. The predicted molar refractivity (Wildman–Crippen MR) is 89.5 cm³/mol. The lowest BCUT2D eigenvalue weighted by Gasteiger charge is -2.08. The van der Waals surface area contributed by atoms with E-state index in [1.807, 2.05) is 0 Å². The summed E-state index contributed by atoms with van der Waals surface area (Å²) in [6.45, 7) is 5.36. The molecule has 0 aromatic heterocycles. The van der Waals surface area contributed by atoms with Gasteiger partial charge in [-0.05, 0) is 12.3 Å². The molecule has 0 saturated carbocycles. The Hall–Kier alpha value is -0.120. The lowest BCUT2D eigenvalue weighted by Crippen LogP contribution is -2.19. The van der Waals surface area contributed by atoms with Gasteiger partial charge in [0, 0.05) is 6.61 Å². The molecule has 0 radical (unpaired) electrons. The van der Waals surface area contributed by atoms with Gasteiger partial charge in [-0.15, -0.1) is 0 Å². The monoisotopic (exact) mass is 302 g/mol. The van der Waals surface area contributed by atoms with Crippen molar-refractivity contribution >= 4 is 0 Å². The first kappa shape index (κ1) is 20.9. The van der Waals surface area contributed by atoms with Crippen molar-refractivity contribution in [2.75, 3.05) is 19.8 Å². The highest BCUT2D eigenvalue weighted by Crippen LogP contribution is 2.13. The van der Waals surface area contributed by atoms with E-state index in [0.717, 1.165) is 12.3 Å². The molecule has 0 aliphatic rings. The maximum atomic E-state index is 9.09. The zero-order valence-electron chi connectivity index (χ0n) is 14.4. The Morgan fingerprint density at radius 2 is 1.24 bits per heavy atom. The normalized spacial score (nSPS) is 13.0. The number of rotatable bonds is 16. The molecule has 0 aromatic carbocycles. The summed E-state index contributed by atoms with van der Waals surface area (Å²) in [6.07, 6.45) is 14.0. The maximum absolute atomic E-state index is 9.09. The molecule has 21 heavy (non-hydrogen) atoms. The quantitative estimate of drug-likeness (QED) is 0.418. The fourth-order valence-electron chi connectivity index (χ4n) is 2.44. The van der Waals surface area contributed by atoms with Crippen molar-refractivity contribution in [3.8, 4) is 0 Å². The number of hydrogen-bond donors (Lipinski definition) is 2. The Morgan fingerprint density at radius 1 is 0.762 bits per heavy atom. The van der Waals surface area contributed by atoms with Crippen LogP contribution in [0.25, 0.3) is 0 Å². The fourth-order valence-corrected chi connectivity index (χ4v) is 2.44. The molecule has 0 unspecified atom stereocenters. The van der Waals surface area contributed by atoms with Crippen molar-refractivity contribution < 1.29 is 14.9 Å². The topological polar surface area (TPSA) is 49.7 Å². The number of ether oxygens (including phenoxy) is 1. The first-order valence-electron chi connectivity index (χ1n) is 9.03. The minimum atomic E-state index is -0.717. The van der Waals surface area contributed by atoms with Crippen LogP contribution >= 0.6 is 0 Å². The summed E-state index contributed by atoms with van der Waals surface area (Å²) in [4.78, 5) is 0. The molecule has 0 saturated heterocycles. The van der Waals surface area contributed by atoms with Crippen LogP contribution < -0.4 is 0 Å². The zero-order valence-corrected chi connectivity index (χ0v) is 14.4. The predicted octanol–water partition coefficient (Wildman–Crippen LogP) is 4.30. The Labute approximate surface area is 132 Å². The summed E-state index contributed by atoms with van der Waals surface area (Å²) in [5.74, 6) is 0.862. The summed E-state index contributed by atoms with van der Waals surface area (Å²) in [5.41, 5.74) is 0. The van der Waals surface area contributed by atoms with E-state index in [9.17, 15) is 0 Å². The highest BCUT2D eigenvalue weighted by molar-refractivity contribution is 4.51. The van der Waals surface area contributed by atoms with E-state index in [-0.39, 0.29) is 13.2 Å². The second-order valence-electron chi connectivity index (χ2n) is 6.63. The molecule has 2 N–H and O–H groups in total. The van der Waals surface area contributed by atoms with Crippen molar-refractivity contribution in [2.45, 2.75) is 90.6 Å². The van der Waals surface area contributed by atoms with Crippen molar-refractivity contribution in [1.82, 2.24) is 0 Å².